The average Bonchev–Trinajstić information content (AvgIpc) is 1.76. The van der Waals surface area contributed by atoms with Crippen molar-refractivity contribution in [1.82, 2.24) is 30.0 Å². The number of phenols is 3. The van der Waals surface area contributed by atoms with Crippen LogP contribution >= 0.6 is 23.2 Å². The normalized spacial score (nSPS) is 13.0. The number of carbonyl (C=O) groups excluding carboxylic acids is 3. The number of azo groups is 1. The number of nitrogen functional groups attached to an aromatic ring is 1. The highest BCUT2D eigenvalue weighted by molar-refractivity contribution is 6.31. The number of esters is 3. The van der Waals surface area contributed by atoms with Gasteiger partial charge in [-0.25, -0.2) is 0 Å². The quantitative estimate of drug-likeness (QED) is 0.0135. The smallest absolute Gasteiger partial charge is 0.306 e. The van der Waals surface area contributed by atoms with Crippen LogP contribution in [0, 0.1) is 11.3 Å². The summed E-state index contributed by atoms with van der Waals surface area (Å²) in [5, 5.41) is 96.3. The number of aliphatic hydroxyl groups is 4. The molecule has 3 atom stereocenters. The van der Waals surface area contributed by atoms with Crippen LogP contribution in [0.1, 0.15) is 149 Å². The highest BCUT2D eigenvalue weighted by Gasteiger charge is 2.27. The van der Waals surface area contributed by atoms with E-state index in [9.17, 15) is 39.9 Å². The lowest BCUT2D eigenvalue weighted by Gasteiger charge is -2.23. The third kappa shape index (κ3) is 22.7. The molecule has 8 aromatic rings. The maximum atomic E-state index is 12.4. The highest BCUT2D eigenvalue weighted by atomic mass is 35.5. The molecule has 0 aliphatic rings. The maximum Gasteiger partial charge on any atom is 0.306 e. The van der Waals surface area contributed by atoms with Crippen LogP contribution in [0.25, 0.3) is 33.4 Å². The molecule has 0 aliphatic carbocycles. The Bertz CT molecular complexity index is 3940. The van der Waals surface area contributed by atoms with Gasteiger partial charge < -0.3 is 55.7 Å². The van der Waals surface area contributed by atoms with Gasteiger partial charge in [0, 0.05) is 46.0 Å². The van der Waals surface area contributed by atoms with E-state index < -0.39 is 37.4 Å². The van der Waals surface area contributed by atoms with E-state index in [4.69, 9.17) is 53.4 Å². The van der Waals surface area contributed by atoms with Crippen molar-refractivity contribution in [1.29, 1.82) is 0 Å². The maximum absolute atomic E-state index is 12.4. The minimum atomic E-state index is -1.09. The summed E-state index contributed by atoms with van der Waals surface area (Å²) in [7, 11) is 0. The summed E-state index contributed by atoms with van der Waals surface area (Å²) in [6.45, 7) is 25.6. The fourth-order valence-electron chi connectivity index (χ4n) is 10.0. The molecule has 2 heterocycles. The summed E-state index contributed by atoms with van der Waals surface area (Å²) in [5.41, 5.74) is 14.4. The molecular weight excluding hydrogens is 1260 g/mol. The molecule has 8 rings (SSSR count). The molecule has 2 aromatic heterocycles. The van der Waals surface area contributed by atoms with E-state index in [0.717, 1.165) is 34.2 Å². The number of anilines is 1. The molecule has 3 unspecified atom stereocenters. The number of aryl methyl sites for hydroxylation is 3. The number of rotatable bonds is 22. The zero-order chi connectivity index (χ0) is 70.3. The van der Waals surface area contributed by atoms with Crippen LogP contribution in [0.4, 0.5) is 17.1 Å². The second-order valence-corrected chi connectivity index (χ2v) is 28.8. The first-order valence-corrected chi connectivity index (χ1v) is 32.1. The van der Waals surface area contributed by atoms with Crippen LogP contribution in [0.2, 0.25) is 10.0 Å². The van der Waals surface area contributed by atoms with Gasteiger partial charge in [-0.2, -0.15) is 0 Å². The molecular formula is C71H91Cl2N9O13. The lowest BCUT2D eigenvalue weighted by Crippen LogP contribution is -2.22. The predicted octanol–water partition coefficient (Wildman–Crippen LogP) is 13.0. The lowest BCUT2D eigenvalue weighted by molar-refractivity contribution is -0.148. The summed E-state index contributed by atoms with van der Waals surface area (Å²) in [6.07, 6.45) is 0.441. The minimum Gasteiger partial charge on any atom is -0.505 e. The Kier molecular flexibility index (Phi) is 26.3. The van der Waals surface area contributed by atoms with Gasteiger partial charge in [-0.05, 0) is 137 Å². The molecule has 0 saturated heterocycles. The van der Waals surface area contributed by atoms with E-state index in [1.54, 1.807) is 54.6 Å². The third-order valence-corrected chi connectivity index (χ3v) is 15.3. The van der Waals surface area contributed by atoms with Crippen molar-refractivity contribution in [3.05, 3.63) is 140 Å². The summed E-state index contributed by atoms with van der Waals surface area (Å²) in [5.74, 6) is -0.679. The number of fused-ring (bicyclic) bond motifs is 2. The van der Waals surface area contributed by atoms with Crippen LogP contribution in [0.15, 0.2) is 107 Å². The number of phenolic OH excluding ortho intramolecular Hbond substituents is 3. The predicted molar refractivity (Wildman–Crippen MR) is 368 cm³/mol. The number of nitrogens with zero attached hydrogens (tertiary/aromatic N) is 8. The molecule has 0 radical (unpaired) electrons. The van der Waals surface area contributed by atoms with Crippen molar-refractivity contribution in [2.24, 2.45) is 21.6 Å². The molecule has 0 bridgehead atoms. The second-order valence-electron chi connectivity index (χ2n) is 27.9. The molecule has 22 nitrogen and oxygen atoms in total. The van der Waals surface area contributed by atoms with Gasteiger partial charge in [0.15, 0.2) is 0 Å². The highest BCUT2D eigenvalue weighted by Crippen LogP contribution is 2.42. The van der Waals surface area contributed by atoms with Gasteiger partial charge in [0.05, 0.1) is 25.5 Å². The van der Waals surface area contributed by atoms with E-state index in [0.29, 0.717) is 97.9 Å². The Morgan fingerprint density at radius 2 is 0.884 bits per heavy atom. The molecule has 0 amide bonds. The van der Waals surface area contributed by atoms with Gasteiger partial charge in [0.1, 0.15) is 87.5 Å². The standard InChI is InChI=1S/C27H38ClN3O3.C22H26ClN3O5.C22H27N3O5/c1-17(15-26(2,3)4)16-34-24(32)11-8-18-12-20(27(5,6)7)25(33)23(13-18)31-30-22-14-19(28)9-10-21(22)29;1-22(2,3)16-8-13(4-7-20(29)31-12-15(28)11-27)9-19(21(16)30)26-24-17-6-5-14(23)10-18(17)25-26;1-22(2,3)16-10-14(8-9-20(28)30-13-15(27)12-26)11-19(21(16)29)25-23-17-6-4-5-7-18(17)24-25/h9-10,12-14,17,33H,8,11,15-16,29H2,1-7H3;5-6,8-10,15,27-28,30H,4,7,11-12H2,1-3H3;4-7,10-11,15,26-27,29H,8-9,12-13H2,1-3H3. The number of ether oxygens (including phenoxy) is 3. The van der Waals surface area contributed by atoms with Gasteiger partial charge in [-0.1, -0.05) is 144 Å². The van der Waals surface area contributed by atoms with Gasteiger partial charge in [0.2, 0.25) is 0 Å². The van der Waals surface area contributed by atoms with Crippen molar-refractivity contribution in [2.75, 3.05) is 38.8 Å². The van der Waals surface area contributed by atoms with Crippen LogP contribution in [0.5, 0.6) is 17.2 Å². The van der Waals surface area contributed by atoms with Crippen LogP contribution in [0.3, 0.4) is 0 Å². The average molecular weight is 1350 g/mol. The second kappa shape index (κ2) is 32.9. The van der Waals surface area contributed by atoms with Gasteiger partial charge in [-0.3, -0.25) is 14.4 Å². The first kappa shape index (κ1) is 75.8. The number of carbonyl (C=O) groups is 3. The molecule has 95 heavy (non-hydrogen) atoms. The summed E-state index contributed by atoms with van der Waals surface area (Å²) < 4.78 is 15.4. The monoisotopic (exact) mass is 1350 g/mol. The summed E-state index contributed by atoms with van der Waals surface area (Å²) >= 11 is 12.1. The van der Waals surface area contributed by atoms with E-state index in [-0.39, 0.29) is 77.4 Å². The Morgan fingerprint density at radius 3 is 1.32 bits per heavy atom. The van der Waals surface area contributed by atoms with E-state index in [1.165, 1.54) is 9.59 Å². The Hall–Kier alpha value is -8.25. The number of halogens is 2. The van der Waals surface area contributed by atoms with Crippen LogP contribution in [-0.4, -0.2) is 129 Å². The number of hydrogen-bond acceptors (Lipinski definition) is 20. The van der Waals surface area contributed by atoms with Crippen LogP contribution < -0.4 is 5.73 Å². The van der Waals surface area contributed by atoms with Crippen molar-refractivity contribution < 1.29 is 64.3 Å². The van der Waals surface area contributed by atoms with Crippen molar-refractivity contribution >= 4 is 80.2 Å². The van der Waals surface area contributed by atoms with E-state index in [2.05, 4.69) is 58.3 Å². The molecule has 512 valence electrons. The van der Waals surface area contributed by atoms with Gasteiger partial charge >= 0.3 is 17.9 Å². The third-order valence-electron chi connectivity index (χ3n) is 14.8. The van der Waals surface area contributed by atoms with Crippen molar-refractivity contribution in [3.8, 4) is 28.6 Å². The Balaban J connectivity index is 0.000000226. The zero-order valence-electron chi connectivity index (χ0n) is 56.4. The SMILES string of the molecule is CC(C)(C)c1cc(CCC(=O)OCC(O)CO)cc(-n2nc3ccc(Cl)cc3n2)c1O.CC(C)(C)c1cc(CCC(=O)OCC(O)CO)cc(-n2nc3ccccc3n2)c1O.CC(COC(=O)CCc1cc(N=Nc2cc(Cl)ccc2N)c(O)c(C(C)(C)C)c1)CC(C)(C)C. The fourth-order valence-corrected chi connectivity index (χ4v) is 10.3. The summed E-state index contributed by atoms with van der Waals surface area (Å²) in [6, 6.07) is 28.4. The number of aromatic hydroxyl groups is 3. The fraction of sp³-hybridized carbons (Fsp3) is 0.451. The van der Waals surface area contributed by atoms with Crippen LogP contribution in [-0.2, 0) is 64.1 Å². The number of hydrogen-bond donors (Lipinski definition) is 8. The van der Waals surface area contributed by atoms with E-state index in [1.807, 2.05) is 105 Å². The first-order valence-electron chi connectivity index (χ1n) is 31.4. The molecule has 0 fully saturated rings. The Labute approximate surface area is 564 Å². The van der Waals surface area contributed by atoms with Crippen molar-refractivity contribution in [2.45, 2.75) is 163 Å². The zero-order valence-corrected chi connectivity index (χ0v) is 58.0. The Morgan fingerprint density at radius 1 is 0.505 bits per heavy atom. The molecule has 0 saturated carbocycles. The van der Waals surface area contributed by atoms with Crippen molar-refractivity contribution in [3.63, 3.8) is 0 Å². The number of aliphatic hydroxyl groups excluding tert-OH is 4. The number of benzene rings is 6. The van der Waals surface area contributed by atoms with Gasteiger partial charge in [-0.15, -0.1) is 40.2 Å². The number of aromatic nitrogens is 6. The minimum absolute atomic E-state index is 0.0548. The van der Waals surface area contributed by atoms with Gasteiger partial charge in [0.25, 0.3) is 0 Å². The molecule has 0 aliphatic heterocycles. The summed E-state index contributed by atoms with van der Waals surface area (Å²) in [4.78, 5) is 39.1. The molecule has 24 heteroatoms. The molecule has 6 aromatic carbocycles. The topological polar surface area (TPSA) is 333 Å². The molecule has 9 N–H and O–H groups in total. The first-order chi connectivity index (χ1) is 44.4. The molecule has 0 spiro atoms. The lowest BCUT2D eigenvalue weighted by atomic mass is 9.84. The largest absolute Gasteiger partial charge is 0.505 e. The van der Waals surface area contributed by atoms with E-state index >= 15 is 0 Å². The number of nitrogens with two attached hydrogens (primary N) is 1.